The molecule has 0 aromatic heterocycles. The molecule has 1 heterocycles. The molecule has 1 saturated heterocycles. The average molecular weight is 290 g/mol. The largest absolute Gasteiger partial charge is 0.478 e. The maximum Gasteiger partial charge on any atom is 0.335 e. The molecule has 0 aliphatic carbocycles. The van der Waals surface area contributed by atoms with Crippen molar-refractivity contribution in [2.24, 2.45) is 0 Å². The predicted octanol–water partition coefficient (Wildman–Crippen LogP) is 1.13. The van der Waals surface area contributed by atoms with Crippen molar-refractivity contribution < 1.29 is 19.5 Å². The molecule has 2 N–H and O–H groups in total. The van der Waals surface area contributed by atoms with Gasteiger partial charge in [-0.25, -0.2) is 4.79 Å². The lowest BCUT2D eigenvalue weighted by Crippen LogP contribution is -2.49. The highest BCUT2D eigenvalue weighted by atomic mass is 16.4. The van der Waals surface area contributed by atoms with Crippen LogP contribution in [0.3, 0.4) is 0 Å². The minimum absolute atomic E-state index is 0.0153. The molecule has 2 amide bonds. The minimum atomic E-state index is -1.02. The molecular weight excluding hydrogens is 272 g/mol. The van der Waals surface area contributed by atoms with E-state index in [1.807, 2.05) is 0 Å². The highest BCUT2D eigenvalue weighted by Crippen LogP contribution is 2.14. The summed E-state index contributed by atoms with van der Waals surface area (Å²) in [5.74, 6) is -1.25. The van der Waals surface area contributed by atoms with Crippen LogP contribution < -0.4 is 5.32 Å². The van der Waals surface area contributed by atoms with Crippen LogP contribution in [0.15, 0.2) is 24.3 Å². The topological polar surface area (TPSA) is 86.7 Å². The Morgan fingerprint density at radius 1 is 1.19 bits per heavy atom. The molecule has 1 aliphatic rings. The van der Waals surface area contributed by atoms with Crippen LogP contribution in [0.5, 0.6) is 0 Å². The second kappa shape index (κ2) is 6.39. The summed E-state index contributed by atoms with van der Waals surface area (Å²) in [6, 6.07) is 5.87. The van der Waals surface area contributed by atoms with Gasteiger partial charge in [0.25, 0.3) is 5.91 Å². The van der Waals surface area contributed by atoms with Gasteiger partial charge >= 0.3 is 5.97 Å². The van der Waals surface area contributed by atoms with Crippen molar-refractivity contribution in [3.8, 4) is 0 Å². The van der Waals surface area contributed by atoms with E-state index >= 15 is 0 Å². The molecule has 0 unspecified atom stereocenters. The van der Waals surface area contributed by atoms with E-state index in [-0.39, 0.29) is 23.4 Å². The van der Waals surface area contributed by atoms with Crippen LogP contribution in [-0.4, -0.2) is 46.9 Å². The lowest BCUT2D eigenvalue weighted by Gasteiger charge is -2.33. The molecule has 112 valence electrons. The number of carboxylic acids is 1. The van der Waals surface area contributed by atoms with Crippen LogP contribution in [0.4, 0.5) is 0 Å². The van der Waals surface area contributed by atoms with Gasteiger partial charge in [0.05, 0.1) is 5.56 Å². The van der Waals surface area contributed by atoms with E-state index < -0.39 is 5.97 Å². The van der Waals surface area contributed by atoms with E-state index in [9.17, 15) is 14.4 Å². The van der Waals surface area contributed by atoms with Gasteiger partial charge in [-0.05, 0) is 37.1 Å². The van der Waals surface area contributed by atoms with Crippen molar-refractivity contribution in [1.82, 2.24) is 10.2 Å². The van der Waals surface area contributed by atoms with Gasteiger partial charge in [0.2, 0.25) is 5.91 Å². The summed E-state index contributed by atoms with van der Waals surface area (Å²) >= 11 is 0. The van der Waals surface area contributed by atoms with Gasteiger partial charge in [0.1, 0.15) is 0 Å². The van der Waals surface area contributed by atoms with Crippen LogP contribution in [-0.2, 0) is 4.79 Å². The quantitative estimate of drug-likeness (QED) is 0.873. The van der Waals surface area contributed by atoms with Crippen LogP contribution in [0.1, 0.15) is 40.5 Å². The van der Waals surface area contributed by atoms with Gasteiger partial charge in [0.15, 0.2) is 0 Å². The number of nitrogens with one attached hydrogen (secondary N) is 1. The van der Waals surface area contributed by atoms with E-state index in [0.29, 0.717) is 18.7 Å². The SMILES string of the molecule is CC(=O)N[C@H]1CCCN(C(=O)c2ccc(C(=O)O)cc2)C1. The van der Waals surface area contributed by atoms with Crippen molar-refractivity contribution in [2.45, 2.75) is 25.8 Å². The summed E-state index contributed by atoms with van der Waals surface area (Å²) < 4.78 is 0. The third-order valence-electron chi connectivity index (χ3n) is 3.49. The first kappa shape index (κ1) is 15.0. The molecule has 0 radical (unpaired) electrons. The predicted molar refractivity (Wildman–Crippen MR) is 76.1 cm³/mol. The number of carboxylic acid groups (broad SMARTS) is 1. The Balaban J connectivity index is 2.04. The van der Waals surface area contributed by atoms with Crippen LogP contribution in [0, 0.1) is 0 Å². The summed E-state index contributed by atoms with van der Waals surface area (Å²) in [6.07, 6.45) is 1.70. The second-order valence-electron chi connectivity index (χ2n) is 5.17. The number of likely N-dealkylation sites (tertiary alicyclic amines) is 1. The van der Waals surface area contributed by atoms with Gasteiger partial charge in [-0.1, -0.05) is 0 Å². The molecule has 1 aromatic rings. The number of hydrogen-bond acceptors (Lipinski definition) is 3. The number of carbonyl (C=O) groups is 3. The van der Waals surface area contributed by atoms with Gasteiger partial charge in [-0.3, -0.25) is 9.59 Å². The number of amides is 2. The van der Waals surface area contributed by atoms with Crippen molar-refractivity contribution >= 4 is 17.8 Å². The molecule has 6 nitrogen and oxygen atoms in total. The summed E-state index contributed by atoms with van der Waals surface area (Å²) in [4.78, 5) is 36.0. The Morgan fingerprint density at radius 2 is 1.81 bits per heavy atom. The Bertz CT molecular complexity index is 553. The molecule has 21 heavy (non-hydrogen) atoms. The average Bonchev–Trinajstić information content (AvgIpc) is 2.46. The van der Waals surface area contributed by atoms with Crippen LogP contribution >= 0.6 is 0 Å². The Kier molecular flexibility index (Phi) is 4.57. The number of rotatable bonds is 3. The lowest BCUT2D eigenvalue weighted by molar-refractivity contribution is -0.120. The zero-order valence-electron chi connectivity index (χ0n) is 11.8. The maximum absolute atomic E-state index is 12.4. The lowest BCUT2D eigenvalue weighted by atomic mass is 10.0. The molecule has 6 heteroatoms. The van der Waals surface area contributed by atoms with E-state index in [1.165, 1.54) is 31.2 Å². The zero-order chi connectivity index (χ0) is 15.4. The first-order valence-corrected chi connectivity index (χ1v) is 6.87. The molecular formula is C15H18N2O4. The highest BCUT2D eigenvalue weighted by Gasteiger charge is 2.24. The number of hydrogen-bond donors (Lipinski definition) is 2. The molecule has 1 atom stereocenters. The minimum Gasteiger partial charge on any atom is -0.478 e. The number of aromatic carboxylic acids is 1. The van der Waals surface area contributed by atoms with Crippen LogP contribution in [0.2, 0.25) is 0 Å². The van der Waals surface area contributed by atoms with Gasteiger partial charge < -0.3 is 15.3 Å². The summed E-state index contributed by atoms with van der Waals surface area (Å²) in [6.45, 7) is 2.60. The smallest absolute Gasteiger partial charge is 0.335 e. The summed E-state index contributed by atoms with van der Waals surface area (Å²) in [7, 11) is 0. The number of benzene rings is 1. The standard InChI is InChI=1S/C15H18N2O4/c1-10(18)16-13-3-2-8-17(9-13)14(19)11-4-6-12(7-5-11)15(20)21/h4-7,13H,2-3,8-9H2,1H3,(H,16,18)(H,20,21)/t13-/m0/s1. The fraction of sp³-hybridized carbons (Fsp3) is 0.400. The molecule has 0 bridgehead atoms. The molecule has 1 aromatic carbocycles. The first-order valence-electron chi connectivity index (χ1n) is 6.87. The molecule has 1 aliphatic heterocycles. The Morgan fingerprint density at radius 3 is 2.38 bits per heavy atom. The fourth-order valence-corrected chi connectivity index (χ4v) is 2.50. The van der Waals surface area contributed by atoms with Crippen molar-refractivity contribution in [3.05, 3.63) is 35.4 Å². The van der Waals surface area contributed by atoms with Gasteiger partial charge in [-0.2, -0.15) is 0 Å². The zero-order valence-corrected chi connectivity index (χ0v) is 11.8. The second-order valence-corrected chi connectivity index (χ2v) is 5.17. The highest BCUT2D eigenvalue weighted by molar-refractivity contribution is 5.96. The van der Waals surface area contributed by atoms with E-state index in [1.54, 1.807) is 4.90 Å². The molecule has 0 spiro atoms. The molecule has 1 fully saturated rings. The number of nitrogens with zero attached hydrogens (tertiary/aromatic N) is 1. The van der Waals surface area contributed by atoms with E-state index in [0.717, 1.165) is 12.8 Å². The van der Waals surface area contributed by atoms with Crippen molar-refractivity contribution in [1.29, 1.82) is 0 Å². The van der Waals surface area contributed by atoms with Crippen LogP contribution in [0.25, 0.3) is 0 Å². The Hall–Kier alpha value is -2.37. The van der Waals surface area contributed by atoms with E-state index in [2.05, 4.69) is 5.32 Å². The summed E-state index contributed by atoms with van der Waals surface area (Å²) in [5.41, 5.74) is 0.616. The third kappa shape index (κ3) is 3.81. The van der Waals surface area contributed by atoms with Crippen molar-refractivity contribution in [2.75, 3.05) is 13.1 Å². The monoisotopic (exact) mass is 290 g/mol. The third-order valence-corrected chi connectivity index (χ3v) is 3.49. The maximum atomic E-state index is 12.4. The normalized spacial score (nSPS) is 18.1. The molecule has 2 rings (SSSR count). The van der Waals surface area contributed by atoms with Gasteiger partial charge in [0, 0.05) is 31.6 Å². The number of piperidine rings is 1. The summed E-state index contributed by atoms with van der Waals surface area (Å²) in [5, 5.41) is 11.7. The Labute approximate surface area is 122 Å². The van der Waals surface area contributed by atoms with Gasteiger partial charge in [-0.15, -0.1) is 0 Å². The van der Waals surface area contributed by atoms with Crippen molar-refractivity contribution in [3.63, 3.8) is 0 Å². The molecule has 0 saturated carbocycles. The van der Waals surface area contributed by atoms with E-state index in [4.69, 9.17) is 5.11 Å². The fourth-order valence-electron chi connectivity index (χ4n) is 2.50. The first-order chi connectivity index (χ1) is 9.97. The number of carbonyl (C=O) groups excluding carboxylic acids is 2.